The lowest BCUT2D eigenvalue weighted by atomic mass is 9.97. The first-order valence-electron chi connectivity index (χ1n) is 5.32. The quantitative estimate of drug-likeness (QED) is 0.509. The Hall–Kier alpha value is -0.930. The highest BCUT2D eigenvalue weighted by Gasteiger charge is 2.85. The highest BCUT2D eigenvalue weighted by Crippen LogP contribution is 2.55. The third-order valence-electron chi connectivity index (χ3n) is 2.58. The molecule has 24 heavy (non-hydrogen) atoms. The van der Waals surface area contributed by atoms with Crippen LogP contribution < -0.4 is 0 Å². The number of halogens is 12. The third-order valence-corrected chi connectivity index (χ3v) is 3.48. The van der Waals surface area contributed by atoms with Crippen molar-refractivity contribution in [1.29, 1.82) is 0 Å². The molecule has 16 heteroatoms. The van der Waals surface area contributed by atoms with Crippen molar-refractivity contribution < 1.29 is 65.7 Å². The van der Waals surface area contributed by atoms with E-state index in [1.807, 2.05) is 0 Å². The van der Waals surface area contributed by atoms with Crippen LogP contribution in [-0.2, 0) is 10.1 Å². The van der Waals surface area contributed by atoms with E-state index in [1.54, 1.807) is 0 Å². The van der Waals surface area contributed by atoms with Gasteiger partial charge < -0.3 is 0 Å². The van der Waals surface area contributed by atoms with Gasteiger partial charge in [-0.05, 0) is 6.42 Å². The van der Waals surface area contributed by atoms with Crippen molar-refractivity contribution in [2.75, 3.05) is 0 Å². The molecule has 1 atom stereocenters. The van der Waals surface area contributed by atoms with E-state index < -0.39 is 58.3 Å². The number of hydrogen-bond acceptors (Lipinski definition) is 2. The summed E-state index contributed by atoms with van der Waals surface area (Å²) in [6, 6.07) is 0. The second kappa shape index (κ2) is 6.10. The lowest BCUT2D eigenvalue weighted by Gasteiger charge is -2.36. The summed E-state index contributed by atoms with van der Waals surface area (Å²) in [7, 11) is -7.36. The molecule has 3 nitrogen and oxygen atoms in total. The van der Waals surface area contributed by atoms with Crippen LogP contribution in [0, 0.1) is 0 Å². The average molecular weight is 410 g/mol. The molecule has 0 rings (SSSR count). The fourth-order valence-corrected chi connectivity index (χ4v) is 1.67. The second-order valence-electron chi connectivity index (χ2n) is 4.38. The minimum atomic E-state index is -7.56. The lowest BCUT2D eigenvalue weighted by Crippen LogP contribution is -2.66. The molecule has 0 bridgehead atoms. The molecule has 0 aliphatic rings. The number of alkyl halides is 12. The van der Waals surface area contributed by atoms with E-state index in [0.717, 1.165) is 0 Å². The molecule has 0 aliphatic heterocycles. The first-order chi connectivity index (χ1) is 10.1. The SMILES string of the molecule is O=S(=O)(O)C(F)(F)C(F)(F)C(F)(F)C(F)(F)C(F)CCC(F)(F)F. The molecule has 0 heterocycles. The topological polar surface area (TPSA) is 54.4 Å². The fraction of sp³-hybridized carbons (Fsp3) is 1.00. The normalized spacial score (nSPS) is 17.0. The van der Waals surface area contributed by atoms with E-state index in [2.05, 4.69) is 0 Å². The molecule has 0 spiro atoms. The Labute approximate surface area is 125 Å². The van der Waals surface area contributed by atoms with Crippen LogP contribution >= 0.6 is 0 Å². The summed E-state index contributed by atoms with van der Waals surface area (Å²) in [4.78, 5) is 0. The number of hydrogen-bond donors (Lipinski definition) is 1. The summed E-state index contributed by atoms with van der Waals surface area (Å²) in [6.45, 7) is 0. The summed E-state index contributed by atoms with van der Waals surface area (Å²) in [5.41, 5.74) is 0. The zero-order valence-corrected chi connectivity index (χ0v) is 11.5. The van der Waals surface area contributed by atoms with Crippen molar-refractivity contribution in [2.45, 2.75) is 48.2 Å². The van der Waals surface area contributed by atoms with E-state index in [1.165, 1.54) is 0 Å². The first-order valence-corrected chi connectivity index (χ1v) is 6.76. The zero-order valence-electron chi connectivity index (χ0n) is 10.7. The van der Waals surface area contributed by atoms with E-state index in [0.29, 0.717) is 0 Å². The van der Waals surface area contributed by atoms with Crippen LogP contribution in [0.15, 0.2) is 0 Å². The molecule has 0 radical (unpaired) electrons. The second-order valence-corrected chi connectivity index (χ2v) is 5.85. The molecule has 0 amide bonds. The maximum absolute atomic E-state index is 13.0. The van der Waals surface area contributed by atoms with Gasteiger partial charge in [0.25, 0.3) is 0 Å². The Bertz CT molecular complexity index is 551. The molecule has 1 N–H and O–H groups in total. The first kappa shape index (κ1) is 23.1. The van der Waals surface area contributed by atoms with Crippen LogP contribution in [0.2, 0.25) is 0 Å². The summed E-state index contributed by atoms with van der Waals surface area (Å²) in [5.74, 6) is -21.8. The van der Waals surface area contributed by atoms with Crippen molar-refractivity contribution in [3.63, 3.8) is 0 Å². The fourth-order valence-electron chi connectivity index (χ4n) is 1.22. The predicted octanol–water partition coefficient (Wildman–Crippen LogP) is 4.05. The monoisotopic (exact) mass is 410 g/mol. The highest BCUT2D eigenvalue weighted by atomic mass is 32.2. The van der Waals surface area contributed by atoms with Gasteiger partial charge in [-0.1, -0.05) is 0 Å². The Morgan fingerprint density at radius 2 is 1.17 bits per heavy atom. The highest BCUT2D eigenvalue weighted by molar-refractivity contribution is 7.87. The molecular formula is C8H6F12O3S. The van der Waals surface area contributed by atoms with Crippen LogP contribution in [0.5, 0.6) is 0 Å². The Kier molecular flexibility index (Phi) is 5.87. The number of rotatable bonds is 7. The minimum absolute atomic E-state index is 2.49. The van der Waals surface area contributed by atoms with Crippen molar-refractivity contribution in [3.05, 3.63) is 0 Å². The van der Waals surface area contributed by atoms with Crippen LogP contribution in [0.1, 0.15) is 12.8 Å². The van der Waals surface area contributed by atoms with Gasteiger partial charge in [-0.2, -0.15) is 56.7 Å². The van der Waals surface area contributed by atoms with Crippen molar-refractivity contribution in [1.82, 2.24) is 0 Å². The van der Waals surface area contributed by atoms with Crippen LogP contribution in [0.4, 0.5) is 52.7 Å². The van der Waals surface area contributed by atoms with Crippen molar-refractivity contribution >= 4 is 10.1 Å². The maximum Gasteiger partial charge on any atom is 0.438 e. The van der Waals surface area contributed by atoms with Crippen LogP contribution in [-0.4, -0.2) is 48.3 Å². The zero-order chi connectivity index (χ0) is 20.0. The van der Waals surface area contributed by atoms with E-state index in [-0.39, 0.29) is 0 Å². The largest absolute Gasteiger partial charge is 0.438 e. The molecular weight excluding hydrogens is 404 g/mol. The van der Waals surface area contributed by atoms with Crippen molar-refractivity contribution in [2.24, 2.45) is 0 Å². The minimum Gasteiger partial charge on any atom is -0.281 e. The third kappa shape index (κ3) is 3.83. The molecule has 0 aromatic rings. The smallest absolute Gasteiger partial charge is 0.281 e. The molecule has 0 aliphatic carbocycles. The Balaban J connectivity index is 5.84. The van der Waals surface area contributed by atoms with Crippen molar-refractivity contribution in [3.8, 4) is 0 Å². The summed E-state index contributed by atoms with van der Waals surface area (Å²) < 4.78 is 179. The standard InChI is InChI=1S/C8H6F12O3S/c9-3(1-2-4(10,11)12)5(13,14)6(15,16)7(17,18)8(19,20)24(21,22)23/h3H,1-2H2,(H,21,22,23). The molecule has 1 unspecified atom stereocenters. The van der Waals surface area contributed by atoms with Gasteiger partial charge in [-0.15, -0.1) is 0 Å². The van der Waals surface area contributed by atoms with Gasteiger partial charge in [0.15, 0.2) is 6.17 Å². The summed E-state index contributed by atoms with van der Waals surface area (Å²) >= 11 is 0. The van der Waals surface area contributed by atoms with E-state index >= 15 is 0 Å². The molecule has 0 saturated carbocycles. The molecule has 0 saturated heterocycles. The Morgan fingerprint density at radius 1 is 0.792 bits per heavy atom. The van der Waals surface area contributed by atoms with Gasteiger partial charge in [0, 0.05) is 6.42 Å². The van der Waals surface area contributed by atoms with E-state index in [9.17, 15) is 61.1 Å². The molecule has 146 valence electrons. The van der Waals surface area contributed by atoms with Crippen LogP contribution in [0.25, 0.3) is 0 Å². The van der Waals surface area contributed by atoms with Gasteiger partial charge in [-0.25, -0.2) is 4.39 Å². The lowest BCUT2D eigenvalue weighted by molar-refractivity contribution is -0.360. The Morgan fingerprint density at radius 3 is 1.46 bits per heavy atom. The molecule has 0 fully saturated rings. The van der Waals surface area contributed by atoms with Gasteiger partial charge in [-0.3, -0.25) is 4.55 Å². The van der Waals surface area contributed by atoms with Gasteiger partial charge >= 0.3 is 39.3 Å². The van der Waals surface area contributed by atoms with E-state index in [4.69, 9.17) is 4.55 Å². The molecule has 0 aromatic heterocycles. The average Bonchev–Trinajstić information content (AvgIpc) is 2.32. The molecule has 0 aromatic carbocycles. The summed E-state index contributed by atoms with van der Waals surface area (Å²) in [6.07, 6.45) is -15.0. The van der Waals surface area contributed by atoms with Crippen LogP contribution in [0.3, 0.4) is 0 Å². The predicted molar refractivity (Wildman–Crippen MR) is 51.5 cm³/mol. The van der Waals surface area contributed by atoms with Gasteiger partial charge in [0.1, 0.15) is 0 Å². The van der Waals surface area contributed by atoms with Gasteiger partial charge in [0.05, 0.1) is 0 Å². The van der Waals surface area contributed by atoms with Gasteiger partial charge in [0.2, 0.25) is 0 Å². The summed E-state index contributed by atoms with van der Waals surface area (Å²) in [5, 5.41) is -7.18. The maximum atomic E-state index is 13.0.